The first-order valence-electron chi connectivity index (χ1n) is 4.35. The third-order valence-electron chi connectivity index (χ3n) is 2.58. The minimum Gasteiger partial charge on any atom is -0.373 e. The molecule has 1 unspecified atom stereocenters. The van der Waals surface area contributed by atoms with Crippen molar-refractivity contribution in [1.82, 2.24) is 0 Å². The van der Waals surface area contributed by atoms with E-state index in [4.69, 9.17) is 11.6 Å². The molecule has 0 aromatic heterocycles. The third-order valence-corrected chi connectivity index (χ3v) is 4.15. The molecule has 2 rings (SSSR count). The Labute approximate surface area is 103 Å². The summed E-state index contributed by atoms with van der Waals surface area (Å²) in [6.45, 7) is 3.03. The second-order valence-electron chi connectivity index (χ2n) is 3.91. The van der Waals surface area contributed by atoms with Crippen LogP contribution in [0.5, 0.6) is 0 Å². The van der Waals surface area contributed by atoms with Gasteiger partial charge < -0.3 is 4.90 Å². The standard InChI is InChI=1S/C10H11BrClNS/c1-10(14)5-13(2)9-4-7(11)8(12)3-6(9)10/h3-4,14H,5H2,1-2H3. The molecule has 0 bridgehead atoms. The summed E-state index contributed by atoms with van der Waals surface area (Å²) in [5.41, 5.74) is 2.41. The summed E-state index contributed by atoms with van der Waals surface area (Å²) in [5.74, 6) is 0. The third kappa shape index (κ3) is 1.55. The topological polar surface area (TPSA) is 3.24 Å². The van der Waals surface area contributed by atoms with Crippen LogP contribution in [0.4, 0.5) is 5.69 Å². The second-order valence-corrected chi connectivity index (χ2v) is 6.16. The van der Waals surface area contributed by atoms with Crippen molar-refractivity contribution >= 4 is 45.8 Å². The fraction of sp³-hybridized carbons (Fsp3) is 0.400. The number of rotatable bonds is 0. The molecule has 1 nitrogen and oxygen atoms in total. The number of fused-ring (bicyclic) bond motifs is 1. The molecule has 1 aliphatic heterocycles. The van der Waals surface area contributed by atoms with Crippen molar-refractivity contribution in [2.24, 2.45) is 0 Å². The molecule has 0 spiro atoms. The van der Waals surface area contributed by atoms with Gasteiger partial charge in [0.05, 0.1) is 9.77 Å². The molecule has 0 aliphatic carbocycles. The van der Waals surface area contributed by atoms with E-state index < -0.39 is 0 Å². The molecule has 0 radical (unpaired) electrons. The molecular formula is C10H11BrClNS. The Morgan fingerprint density at radius 3 is 2.86 bits per heavy atom. The van der Waals surface area contributed by atoms with Crippen molar-refractivity contribution in [1.29, 1.82) is 0 Å². The van der Waals surface area contributed by atoms with Gasteiger partial charge in [-0.1, -0.05) is 11.6 Å². The molecule has 1 aromatic rings. The molecule has 4 heteroatoms. The quantitative estimate of drug-likeness (QED) is 0.714. The largest absolute Gasteiger partial charge is 0.373 e. The van der Waals surface area contributed by atoms with Gasteiger partial charge in [0, 0.05) is 23.8 Å². The van der Waals surface area contributed by atoms with Crippen LogP contribution in [-0.2, 0) is 4.75 Å². The van der Waals surface area contributed by atoms with Crippen molar-refractivity contribution in [2.75, 3.05) is 18.5 Å². The highest BCUT2D eigenvalue weighted by Crippen LogP contribution is 2.45. The lowest BCUT2D eigenvalue weighted by molar-refractivity contribution is 0.736. The van der Waals surface area contributed by atoms with E-state index in [-0.39, 0.29) is 4.75 Å². The predicted octanol–water partition coefficient (Wildman–Crippen LogP) is 3.70. The summed E-state index contributed by atoms with van der Waals surface area (Å²) in [5, 5.41) is 0.749. The normalized spacial score (nSPS) is 25.4. The van der Waals surface area contributed by atoms with Crippen molar-refractivity contribution in [3.8, 4) is 0 Å². The lowest BCUT2D eigenvalue weighted by Crippen LogP contribution is -2.22. The lowest BCUT2D eigenvalue weighted by Gasteiger charge is -2.17. The van der Waals surface area contributed by atoms with Crippen LogP contribution >= 0.6 is 40.2 Å². The van der Waals surface area contributed by atoms with E-state index in [0.717, 1.165) is 16.0 Å². The molecule has 1 aromatic carbocycles. The smallest absolute Gasteiger partial charge is 0.0552 e. The summed E-state index contributed by atoms with van der Waals surface area (Å²) >= 11 is 14.2. The van der Waals surface area contributed by atoms with Crippen LogP contribution in [0, 0.1) is 0 Å². The van der Waals surface area contributed by atoms with E-state index in [1.807, 2.05) is 6.07 Å². The fourth-order valence-corrected chi connectivity index (χ4v) is 2.80. The Bertz CT molecular complexity index is 392. The van der Waals surface area contributed by atoms with E-state index in [1.165, 1.54) is 11.3 Å². The highest BCUT2D eigenvalue weighted by Gasteiger charge is 2.34. The zero-order valence-corrected chi connectivity index (χ0v) is 11.2. The van der Waals surface area contributed by atoms with Crippen molar-refractivity contribution in [3.05, 3.63) is 27.2 Å². The first-order chi connectivity index (χ1) is 6.42. The molecule has 0 fully saturated rings. The number of hydrogen-bond donors (Lipinski definition) is 1. The van der Waals surface area contributed by atoms with E-state index in [1.54, 1.807) is 0 Å². The van der Waals surface area contributed by atoms with E-state index in [2.05, 4.69) is 53.5 Å². The molecule has 0 saturated heterocycles. The number of thiol groups is 1. The zero-order valence-electron chi connectivity index (χ0n) is 8.01. The zero-order chi connectivity index (χ0) is 10.5. The van der Waals surface area contributed by atoms with Crippen LogP contribution in [0.25, 0.3) is 0 Å². The second kappa shape index (κ2) is 3.32. The van der Waals surface area contributed by atoms with Crippen molar-refractivity contribution in [3.63, 3.8) is 0 Å². The van der Waals surface area contributed by atoms with Crippen LogP contribution in [0.3, 0.4) is 0 Å². The number of likely N-dealkylation sites (N-methyl/N-ethyl adjacent to an activating group) is 1. The first-order valence-corrected chi connectivity index (χ1v) is 5.97. The van der Waals surface area contributed by atoms with E-state index in [9.17, 15) is 0 Å². The van der Waals surface area contributed by atoms with Crippen molar-refractivity contribution in [2.45, 2.75) is 11.7 Å². The number of halogens is 2. The average Bonchev–Trinajstić information content (AvgIpc) is 2.26. The molecular weight excluding hydrogens is 282 g/mol. The molecule has 14 heavy (non-hydrogen) atoms. The SMILES string of the molecule is CN1CC(C)(S)c2cc(Cl)c(Br)cc21. The summed E-state index contributed by atoms with van der Waals surface area (Å²) in [6.07, 6.45) is 0. The van der Waals surface area contributed by atoms with Gasteiger partial charge in [0.2, 0.25) is 0 Å². The van der Waals surface area contributed by atoms with E-state index >= 15 is 0 Å². The summed E-state index contributed by atoms with van der Waals surface area (Å²) < 4.78 is 0.838. The molecule has 1 aliphatic rings. The Hall–Kier alpha value is 0.140. The first kappa shape index (κ1) is 10.7. The van der Waals surface area contributed by atoms with Gasteiger partial charge in [-0.2, -0.15) is 12.6 Å². The number of hydrogen-bond acceptors (Lipinski definition) is 2. The van der Waals surface area contributed by atoms with Crippen LogP contribution < -0.4 is 4.90 Å². The number of anilines is 1. The maximum Gasteiger partial charge on any atom is 0.0552 e. The van der Waals surface area contributed by atoms with Crippen LogP contribution in [0.2, 0.25) is 5.02 Å². The van der Waals surface area contributed by atoms with Crippen LogP contribution in [0.1, 0.15) is 12.5 Å². The summed E-state index contributed by atoms with van der Waals surface area (Å²) in [7, 11) is 2.07. The highest BCUT2D eigenvalue weighted by molar-refractivity contribution is 9.10. The van der Waals surface area contributed by atoms with Gasteiger partial charge in [0.1, 0.15) is 0 Å². The number of benzene rings is 1. The van der Waals surface area contributed by atoms with Gasteiger partial charge in [-0.05, 0) is 40.5 Å². The molecule has 1 heterocycles. The molecule has 0 N–H and O–H groups in total. The Morgan fingerprint density at radius 2 is 2.21 bits per heavy atom. The Balaban J connectivity index is 2.64. The van der Waals surface area contributed by atoms with Gasteiger partial charge >= 0.3 is 0 Å². The van der Waals surface area contributed by atoms with Gasteiger partial charge in [-0.3, -0.25) is 0 Å². The van der Waals surface area contributed by atoms with Gasteiger partial charge in [0.15, 0.2) is 0 Å². The summed E-state index contributed by atoms with van der Waals surface area (Å²) in [6, 6.07) is 4.05. The minimum atomic E-state index is -0.103. The van der Waals surface area contributed by atoms with E-state index in [0.29, 0.717) is 0 Å². The molecule has 1 atom stereocenters. The van der Waals surface area contributed by atoms with Gasteiger partial charge in [-0.25, -0.2) is 0 Å². The lowest BCUT2D eigenvalue weighted by atomic mass is 10.0. The average molecular weight is 293 g/mol. The van der Waals surface area contributed by atoms with Gasteiger partial charge in [-0.15, -0.1) is 0 Å². The minimum absolute atomic E-state index is 0.103. The van der Waals surface area contributed by atoms with Crippen molar-refractivity contribution < 1.29 is 0 Å². The molecule has 76 valence electrons. The Kier molecular flexibility index (Phi) is 2.53. The van der Waals surface area contributed by atoms with Crippen LogP contribution in [0.15, 0.2) is 16.6 Å². The van der Waals surface area contributed by atoms with Gasteiger partial charge in [0.25, 0.3) is 0 Å². The maximum absolute atomic E-state index is 6.07. The predicted molar refractivity (Wildman–Crippen MR) is 68.8 cm³/mol. The number of nitrogens with zero attached hydrogens (tertiary/aromatic N) is 1. The monoisotopic (exact) mass is 291 g/mol. The maximum atomic E-state index is 6.07. The highest BCUT2D eigenvalue weighted by atomic mass is 79.9. The molecule has 0 amide bonds. The fourth-order valence-electron chi connectivity index (χ4n) is 1.92. The summed E-state index contributed by atoms with van der Waals surface area (Å²) in [4.78, 5) is 2.20. The van der Waals surface area contributed by atoms with Crippen LogP contribution in [-0.4, -0.2) is 13.6 Å². The Morgan fingerprint density at radius 1 is 1.57 bits per heavy atom. The molecule has 0 saturated carbocycles.